The molecule has 7 nitrogen and oxygen atoms in total. The number of sulfonamides is 1. The van der Waals surface area contributed by atoms with E-state index in [0.29, 0.717) is 18.6 Å². The number of hydrogen-bond donors (Lipinski definition) is 0. The molecular weight excluding hydrogens is 494 g/mol. The van der Waals surface area contributed by atoms with Crippen molar-refractivity contribution in [3.05, 3.63) is 94.3 Å². The first-order valence-corrected chi connectivity index (χ1v) is 13.9. The summed E-state index contributed by atoms with van der Waals surface area (Å²) in [6, 6.07) is 20.3. The molecule has 0 radical (unpaired) electrons. The second-order valence-electron chi connectivity index (χ2n) is 8.42. The highest BCUT2D eigenvalue weighted by Crippen LogP contribution is 2.25. The largest absolute Gasteiger partial charge is 0.383 e. The van der Waals surface area contributed by atoms with Crippen molar-refractivity contribution in [1.82, 2.24) is 14.2 Å². The van der Waals surface area contributed by atoms with Gasteiger partial charge in [-0.2, -0.15) is 4.31 Å². The summed E-state index contributed by atoms with van der Waals surface area (Å²) < 4.78 is 34.0. The maximum absolute atomic E-state index is 13.8. The molecule has 0 saturated carbocycles. The summed E-state index contributed by atoms with van der Waals surface area (Å²) in [7, 11) is -2.52. The lowest BCUT2D eigenvalue weighted by Gasteiger charge is -2.27. The van der Waals surface area contributed by atoms with E-state index in [0.717, 1.165) is 21.4 Å². The Morgan fingerprint density at radius 2 is 1.78 bits per heavy atom. The maximum Gasteiger partial charge on any atom is 0.245 e. The van der Waals surface area contributed by atoms with Gasteiger partial charge in [-0.15, -0.1) is 11.3 Å². The number of aromatic nitrogens is 1. The SMILES string of the molecule is COCCN(CC(=O)N(Cc1ccccc1)Cc1sccc1C)S(=O)(=O)c1cccc2cccnc12. The molecular formula is C27H29N3O4S2. The number of thiophene rings is 1. The normalized spacial score (nSPS) is 11.8. The van der Waals surface area contributed by atoms with Gasteiger partial charge in [0.05, 0.1) is 25.2 Å². The zero-order valence-electron chi connectivity index (χ0n) is 20.3. The lowest BCUT2D eigenvalue weighted by molar-refractivity contribution is -0.132. The van der Waals surface area contributed by atoms with Gasteiger partial charge in [-0.3, -0.25) is 9.78 Å². The summed E-state index contributed by atoms with van der Waals surface area (Å²) >= 11 is 1.59. The minimum absolute atomic E-state index is 0.0466. The molecule has 0 atom stereocenters. The molecule has 0 aliphatic heterocycles. The van der Waals surface area contributed by atoms with E-state index in [4.69, 9.17) is 4.74 Å². The number of nitrogens with zero attached hydrogens (tertiary/aromatic N) is 3. The molecule has 9 heteroatoms. The van der Waals surface area contributed by atoms with Crippen LogP contribution in [0.4, 0.5) is 0 Å². The monoisotopic (exact) mass is 523 g/mol. The Morgan fingerprint density at radius 3 is 2.50 bits per heavy atom. The highest BCUT2D eigenvalue weighted by Gasteiger charge is 2.30. The zero-order valence-corrected chi connectivity index (χ0v) is 22.0. The Bertz CT molecular complexity index is 1420. The van der Waals surface area contributed by atoms with E-state index in [9.17, 15) is 13.2 Å². The molecule has 36 heavy (non-hydrogen) atoms. The molecule has 2 heterocycles. The van der Waals surface area contributed by atoms with E-state index in [2.05, 4.69) is 4.98 Å². The third kappa shape index (κ3) is 5.99. The van der Waals surface area contributed by atoms with Gasteiger partial charge < -0.3 is 9.64 Å². The first-order chi connectivity index (χ1) is 17.4. The zero-order chi connectivity index (χ0) is 25.5. The Kier molecular flexibility index (Phi) is 8.48. The number of hydrogen-bond acceptors (Lipinski definition) is 6. The number of rotatable bonds is 11. The minimum Gasteiger partial charge on any atom is -0.383 e. The average Bonchev–Trinajstić information content (AvgIpc) is 3.30. The van der Waals surface area contributed by atoms with E-state index < -0.39 is 10.0 Å². The number of methoxy groups -OCH3 is 1. The van der Waals surface area contributed by atoms with Gasteiger partial charge in [0.15, 0.2) is 0 Å². The quantitative estimate of drug-likeness (QED) is 0.290. The van der Waals surface area contributed by atoms with Gasteiger partial charge in [-0.1, -0.05) is 48.5 Å². The predicted octanol–water partition coefficient (Wildman–Crippen LogP) is 4.47. The lowest BCUT2D eigenvalue weighted by atomic mass is 10.2. The molecule has 0 saturated heterocycles. The van der Waals surface area contributed by atoms with Gasteiger partial charge >= 0.3 is 0 Å². The Balaban J connectivity index is 1.65. The van der Waals surface area contributed by atoms with Crippen LogP contribution in [0.15, 0.2) is 83.2 Å². The van der Waals surface area contributed by atoms with Gasteiger partial charge in [0.25, 0.3) is 0 Å². The fourth-order valence-electron chi connectivity index (χ4n) is 3.93. The van der Waals surface area contributed by atoms with Crippen molar-refractivity contribution in [2.24, 2.45) is 0 Å². The first kappa shape index (κ1) is 26.0. The summed E-state index contributed by atoms with van der Waals surface area (Å²) in [5.74, 6) is -0.278. The maximum atomic E-state index is 13.8. The number of para-hydroxylation sites is 1. The smallest absolute Gasteiger partial charge is 0.245 e. The van der Waals surface area contributed by atoms with Crippen molar-refractivity contribution in [2.75, 3.05) is 26.8 Å². The topological polar surface area (TPSA) is 79.8 Å². The molecule has 0 N–H and O–H groups in total. The summed E-state index contributed by atoms with van der Waals surface area (Å²) in [5.41, 5.74) is 2.46. The van der Waals surface area contributed by atoms with Crippen LogP contribution in [0.1, 0.15) is 16.0 Å². The van der Waals surface area contributed by atoms with Crippen LogP contribution in [0, 0.1) is 6.92 Å². The van der Waals surface area contributed by atoms with Gasteiger partial charge in [-0.25, -0.2) is 8.42 Å². The van der Waals surface area contributed by atoms with Crippen molar-refractivity contribution in [2.45, 2.75) is 24.9 Å². The molecule has 0 aliphatic rings. The number of benzene rings is 2. The standard InChI is InChI=1S/C27H29N3O4S2/c1-21-13-17-35-24(21)19-29(18-22-8-4-3-5-9-22)26(31)20-30(15-16-34-2)36(32,33)25-12-6-10-23-11-7-14-28-27(23)25/h3-14,17H,15-16,18-20H2,1-2H3. The summed E-state index contributed by atoms with van der Waals surface area (Å²) in [6.45, 7) is 2.71. The van der Waals surface area contributed by atoms with Crippen LogP contribution in [-0.2, 0) is 32.6 Å². The number of pyridine rings is 1. The highest BCUT2D eigenvalue weighted by atomic mass is 32.2. The van der Waals surface area contributed by atoms with Gasteiger partial charge in [0, 0.05) is 36.7 Å². The number of aryl methyl sites for hydroxylation is 1. The molecule has 188 valence electrons. The van der Waals surface area contributed by atoms with E-state index in [1.165, 1.54) is 17.5 Å². The number of ether oxygens (including phenoxy) is 1. The first-order valence-electron chi connectivity index (χ1n) is 11.6. The molecule has 0 fully saturated rings. The van der Waals surface area contributed by atoms with Gasteiger partial charge in [0.1, 0.15) is 4.90 Å². The molecule has 4 aromatic rings. The van der Waals surface area contributed by atoms with E-state index in [1.54, 1.807) is 34.6 Å². The second kappa shape index (κ2) is 11.7. The number of carbonyl (C=O) groups is 1. The van der Waals surface area contributed by atoms with Crippen molar-refractivity contribution in [1.29, 1.82) is 0 Å². The third-order valence-electron chi connectivity index (χ3n) is 5.94. The van der Waals surface area contributed by atoms with Crippen LogP contribution in [0.3, 0.4) is 0 Å². The van der Waals surface area contributed by atoms with Crippen LogP contribution in [0.5, 0.6) is 0 Å². The molecule has 0 bridgehead atoms. The van der Waals surface area contributed by atoms with Crippen LogP contribution < -0.4 is 0 Å². The molecule has 0 spiro atoms. The van der Waals surface area contributed by atoms with Crippen LogP contribution in [0.25, 0.3) is 10.9 Å². The number of carbonyl (C=O) groups excluding carboxylic acids is 1. The van der Waals surface area contributed by atoms with Crippen LogP contribution in [-0.4, -0.2) is 55.3 Å². The lowest BCUT2D eigenvalue weighted by Crippen LogP contribution is -2.43. The number of amides is 1. The molecule has 0 unspecified atom stereocenters. The highest BCUT2D eigenvalue weighted by molar-refractivity contribution is 7.89. The summed E-state index contributed by atoms with van der Waals surface area (Å²) in [4.78, 5) is 20.8. The Morgan fingerprint density at radius 1 is 1.00 bits per heavy atom. The molecule has 2 aromatic heterocycles. The minimum atomic E-state index is -4.03. The fraction of sp³-hybridized carbons (Fsp3) is 0.259. The second-order valence-corrected chi connectivity index (χ2v) is 11.3. The predicted molar refractivity (Wildman–Crippen MR) is 142 cm³/mol. The summed E-state index contributed by atoms with van der Waals surface area (Å²) in [5, 5.41) is 2.72. The fourth-order valence-corrected chi connectivity index (χ4v) is 6.39. The molecule has 2 aromatic carbocycles. The van der Waals surface area contributed by atoms with Crippen molar-refractivity contribution >= 4 is 38.2 Å². The van der Waals surface area contributed by atoms with E-state index >= 15 is 0 Å². The Hall–Kier alpha value is -3.11. The van der Waals surface area contributed by atoms with Crippen molar-refractivity contribution < 1.29 is 17.9 Å². The average molecular weight is 524 g/mol. The van der Waals surface area contributed by atoms with Gasteiger partial charge in [-0.05, 0) is 41.6 Å². The molecule has 4 rings (SSSR count). The van der Waals surface area contributed by atoms with Crippen LogP contribution >= 0.6 is 11.3 Å². The van der Waals surface area contributed by atoms with Crippen LogP contribution in [0.2, 0.25) is 0 Å². The Labute approximate surface area is 216 Å². The van der Waals surface area contributed by atoms with Gasteiger partial charge in [0.2, 0.25) is 15.9 Å². The van der Waals surface area contributed by atoms with E-state index in [1.807, 2.05) is 60.8 Å². The molecule has 0 aliphatic carbocycles. The molecule has 1 amide bonds. The van der Waals surface area contributed by atoms with E-state index in [-0.39, 0.29) is 30.5 Å². The van der Waals surface area contributed by atoms with Crippen molar-refractivity contribution in [3.8, 4) is 0 Å². The third-order valence-corrected chi connectivity index (χ3v) is 8.83. The van der Waals surface area contributed by atoms with Crippen molar-refractivity contribution in [3.63, 3.8) is 0 Å². The summed E-state index contributed by atoms with van der Waals surface area (Å²) in [6.07, 6.45) is 1.57. The number of fused-ring (bicyclic) bond motifs is 1.